The highest BCUT2D eigenvalue weighted by Crippen LogP contribution is 2.27. The van der Waals surface area contributed by atoms with Gasteiger partial charge in [0.2, 0.25) is 11.8 Å². The van der Waals surface area contributed by atoms with Gasteiger partial charge in [-0.1, -0.05) is 112 Å². The van der Waals surface area contributed by atoms with Crippen LogP contribution in [0.1, 0.15) is 61.3 Å². The molecule has 16 nitrogen and oxygen atoms in total. The van der Waals surface area contributed by atoms with Gasteiger partial charge in [0.05, 0.1) is 25.5 Å². The zero-order valence-electron chi connectivity index (χ0n) is 38.8. The number of benzene rings is 2. The Labute approximate surface area is 411 Å². The molecule has 0 saturated heterocycles. The highest BCUT2D eigenvalue weighted by atomic mass is 35.5. The van der Waals surface area contributed by atoms with Gasteiger partial charge in [0.15, 0.2) is 11.6 Å². The van der Waals surface area contributed by atoms with Crippen molar-refractivity contribution in [1.29, 1.82) is 0 Å². The molecule has 6 aromatic rings. The fourth-order valence-electron chi connectivity index (χ4n) is 6.42. The fourth-order valence-corrected chi connectivity index (χ4v) is 6.79. The predicted molar refractivity (Wildman–Crippen MR) is 261 cm³/mol. The minimum Gasteiger partial charge on any atom is -0.359 e. The minimum atomic E-state index is -3.34. The standard InChI is InChI=1S/2C24H27ClF2N6O2/c2*1-16(2)29-11-17-7-3-4-8-18(17)12-30-21(34)14-33-20(25)13-31-22(23(33)35)32-15-24(26,27)19-9-5-6-10-28-19/h2*3-10,13,16,29H,11-12,14-15H2,1-2H3,(H,30,34)(H,31,32). The minimum absolute atomic E-state index is 0.0891. The third-order valence-electron chi connectivity index (χ3n) is 10.2. The van der Waals surface area contributed by atoms with Gasteiger partial charge in [-0.2, -0.15) is 17.6 Å². The molecule has 6 rings (SSSR count). The van der Waals surface area contributed by atoms with Gasteiger partial charge in [0.25, 0.3) is 11.1 Å². The summed E-state index contributed by atoms with van der Waals surface area (Å²) in [5.41, 5.74) is 1.50. The number of anilines is 2. The lowest BCUT2D eigenvalue weighted by molar-refractivity contribution is -0.122. The summed E-state index contributed by atoms with van der Waals surface area (Å²) in [6.45, 7) is 7.41. The molecule has 0 spiro atoms. The average molecular weight is 1010 g/mol. The van der Waals surface area contributed by atoms with Gasteiger partial charge in [-0.15, -0.1) is 0 Å². The van der Waals surface area contributed by atoms with Gasteiger partial charge in [0, 0.05) is 50.7 Å². The highest BCUT2D eigenvalue weighted by molar-refractivity contribution is 6.29. The molecule has 2 aromatic carbocycles. The number of hydrogen-bond acceptors (Lipinski definition) is 12. The number of amides is 2. The van der Waals surface area contributed by atoms with Crippen molar-refractivity contribution in [1.82, 2.24) is 50.3 Å². The predicted octanol–water partition coefficient (Wildman–Crippen LogP) is 6.62. The topological polar surface area (TPSA) is 202 Å². The molecule has 4 heterocycles. The Bertz CT molecular complexity index is 2600. The first kappa shape index (κ1) is 54.2. The van der Waals surface area contributed by atoms with Crippen molar-refractivity contribution >= 4 is 46.7 Å². The van der Waals surface area contributed by atoms with Crippen LogP contribution in [0.2, 0.25) is 10.3 Å². The Morgan fingerprint density at radius 2 is 0.886 bits per heavy atom. The quantitative estimate of drug-likeness (QED) is 0.0398. The lowest BCUT2D eigenvalue weighted by atomic mass is 10.1. The molecule has 372 valence electrons. The van der Waals surface area contributed by atoms with Crippen LogP contribution in [0.5, 0.6) is 0 Å². The van der Waals surface area contributed by atoms with E-state index in [1.165, 1.54) is 48.8 Å². The number of carbonyl (C=O) groups is 2. The number of halogens is 6. The Kier molecular flexibility index (Phi) is 19.9. The zero-order chi connectivity index (χ0) is 50.8. The summed E-state index contributed by atoms with van der Waals surface area (Å²) in [5, 5.41) is 16.7. The van der Waals surface area contributed by atoms with Crippen molar-refractivity contribution in [2.24, 2.45) is 0 Å². The van der Waals surface area contributed by atoms with Crippen molar-refractivity contribution in [2.45, 2.75) is 90.9 Å². The summed E-state index contributed by atoms with van der Waals surface area (Å²) in [4.78, 5) is 65.6. The van der Waals surface area contributed by atoms with E-state index < -0.39 is 72.3 Å². The largest absolute Gasteiger partial charge is 0.359 e. The Balaban J connectivity index is 0.000000261. The Hall–Kier alpha value is -6.74. The van der Waals surface area contributed by atoms with Crippen molar-refractivity contribution < 1.29 is 27.2 Å². The van der Waals surface area contributed by atoms with E-state index in [2.05, 4.69) is 51.8 Å². The third kappa shape index (κ3) is 16.2. The Morgan fingerprint density at radius 3 is 1.21 bits per heavy atom. The summed E-state index contributed by atoms with van der Waals surface area (Å²) in [7, 11) is 0. The first-order valence-electron chi connectivity index (χ1n) is 22.1. The van der Waals surface area contributed by atoms with Crippen molar-refractivity contribution in [3.63, 3.8) is 0 Å². The number of aromatic nitrogens is 6. The van der Waals surface area contributed by atoms with Crippen LogP contribution in [0.15, 0.2) is 119 Å². The zero-order valence-corrected chi connectivity index (χ0v) is 40.3. The molecule has 0 atom stereocenters. The molecule has 22 heteroatoms. The number of nitrogens with one attached hydrogen (secondary N) is 6. The summed E-state index contributed by atoms with van der Waals surface area (Å²) in [5.74, 6) is -8.29. The molecule has 6 N–H and O–H groups in total. The molecule has 0 aliphatic rings. The van der Waals surface area contributed by atoms with Gasteiger partial charge in [-0.25, -0.2) is 9.97 Å². The molecular formula is C48H54Cl2F4N12O4. The van der Waals surface area contributed by atoms with Gasteiger partial charge < -0.3 is 31.9 Å². The molecule has 0 radical (unpaired) electrons. The first-order valence-corrected chi connectivity index (χ1v) is 22.8. The second kappa shape index (κ2) is 25.7. The maximum absolute atomic E-state index is 14.4. The third-order valence-corrected chi connectivity index (χ3v) is 10.8. The van der Waals surface area contributed by atoms with Crippen molar-refractivity contribution in [3.8, 4) is 0 Å². The van der Waals surface area contributed by atoms with Crippen LogP contribution in [-0.2, 0) is 60.7 Å². The van der Waals surface area contributed by atoms with Crippen LogP contribution in [0, 0.1) is 0 Å². The molecule has 0 unspecified atom stereocenters. The maximum atomic E-state index is 14.4. The van der Waals surface area contributed by atoms with E-state index in [0.717, 1.165) is 43.8 Å². The Morgan fingerprint density at radius 1 is 0.543 bits per heavy atom. The number of carbonyl (C=O) groups excluding carboxylic acids is 2. The lowest BCUT2D eigenvalue weighted by Gasteiger charge is -2.17. The van der Waals surface area contributed by atoms with Crippen molar-refractivity contribution in [3.05, 3.63) is 174 Å². The number of pyridine rings is 2. The molecule has 2 amide bonds. The molecule has 0 aliphatic carbocycles. The second-order valence-electron chi connectivity index (χ2n) is 16.3. The van der Waals surface area contributed by atoms with E-state index in [1.54, 1.807) is 0 Å². The van der Waals surface area contributed by atoms with Crippen LogP contribution in [-0.4, -0.2) is 66.1 Å². The molecule has 0 aliphatic heterocycles. The van der Waals surface area contributed by atoms with Gasteiger partial charge >= 0.3 is 11.8 Å². The lowest BCUT2D eigenvalue weighted by Crippen LogP contribution is -2.35. The van der Waals surface area contributed by atoms with E-state index >= 15 is 0 Å². The molecule has 0 saturated carbocycles. The van der Waals surface area contributed by atoms with Crippen LogP contribution < -0.4 is 43.0 Å². The summed E-state index contributed by atoms with van der Waals surface area (Å²) in [6.07, 6.45) is 4.78. The van der Waals surface area contributed by atoms with E-state index in [1.807, 2.05) is 76.2 Å². The van der Waals surface area contributed by atoms with E-state index in [9.17, 15) is 36.7 Å². The highest BCUT2D eigenvalue weighted by Gasteiger charge is 2.34. The van der Waals surface area contributed by atoms with Crippen LogP contribution in [0.4, 0.5) is 29.2 Å². The molecule has 70 heavy (non-hydrogen) atoms. The average Bonchev–Trinajstić information content (AvgIpc) is 3.34. The van der Waals surface area contributed by atoms with Gasteiger partial charge in [0.1, 0.15) is 34.8 Å². The smallest absolute Gasteiger partial charge is 0.306 e. The molecular weight excluding hydrogens is 956 g/mol. The van der Waals surface area contributed by atoms with E-state index in [-0.39, 0.29) is 35.0 Å². The summed E-state index contributed by atoms with van der Waals surface area (Å²) < 4.78 is 59.5. The normalized spacial score (nSPS) is 11.5. The number of alkyl halides is 4. The van der Waals surface area contributed by atoms with Crippen LogP contribution in [0.25, 0.3) is 0 Å². The monoisotopic (exact) mass is 1010 g/mol. The van der Waals surface area contributed by atoms with Gasteiger partial charge in [-0.05, 0) is 46.5 Å². The van der Waals surface area contributed by atoms with Gasteiger partial charge in [-0.3, -0.25) is 38.3 Å². The maximum Gasteiger partial charge on any atom is 0.306 e. The molecule has 4 aromatic heterocycles. The summed E-state index contributed by atoms with van der Waals surface area (Å²) in [6, 6.07) is 24.3. The number of rotatable bonds is 22. The van der Waals surface area contributed by atoms with Crippen molar-refractivity contribution in [2.75, 3.05) is 23.7 Å². The first-order chi connectivity index (χ1) is 33.3. The second-order valence-corrected chi connectivity index (χ2v) is 17.1. The number of nitrogens with zero attached hydrogens (tertiary/aromatic N) is 6. The molecule has 0 bridgehead atoms. The van der Waals surface area contributed by atoms with Crippen LogP contribution in [0.3, 0.4) is 0 Å². The van der Waals surface area contributed by atoms with E-state index in [4.69, 9.17) is 23.2 Å². The fraction of sp³-hybridized carbons (Fsp3) is 0.333. The SMILES string of the molecule is CC(C)NCc1ccccc1CNC(=O)Cn1c(Cl)cnc(NCC(F)(F)c2ccccn2)c1=O.CC(C)NCc1ccccc1CNC(=O)Cn1c(Cl)cnc(NCC(F)(F)c2ccccn2)c1=O. The summed E-state index contributed by atoms with van der Waals surface area (Å²) >= 11 is 12.1. The van der Waals surface area contributed by atoms with Crippen LogP contribution >= 0.6 is 23.2 Å². The van der Waals surface area contributed by atoms with E-state index in [0.29, 0.717) is 25.2 Å². The number of hydrogen-bond donors (Lipinski definition) is 6. The molecule has 0 fully saturated rings.